The Kier molecular flexibility index (Phi) is 7.72. The van der Waals surface area contributed by atoms with E-state index in [2.05, 4.69) is 15.4 Å². The number of fused-ring (bicyclic) bond motifs is 1. The van der Waals surface area contributed by atoms with Crippen LogP contribution in [0.5, 0.6) is 5.75 Å². The molecule has 7 nitrogen and oxygen atoms in total. The summed E-state index contributed by atoms with van der Waals surface area (Å²) < 4.78 is 49.6. The summed E-state index contributed by atoms with van der Waals surface area (Å²) in [5.41, 5.74) is 1.78. The molecule has 1 N–H and O–H groups in total. The van der Waals surface area contributed by atoms with Gasteiger partial charge in [-0.3, -0.25) is 9.48 Å². The van der Waals surface area contributed by atoms with Crippen molar-refractivity contribution in [2.45, 2.75) is 57.4 Å². The summed E-state index contributed by atoms with van der Waals surface area (Å²) >= 11 is 0. The maximum absolute atomic E-state index is 13.6. The molecule has 1 aliphatic rings. The van der Waals surface area contributed by atoms with E-state index in [9.17, 15) is 18.0 Å². The van der Waals surface area contributed by atoms with E-state index in [0.717, 1.165) is 23.3 Å². The van der Waals surface area contributed by atoms with Gasteiger partial charge in [0.25, 0.3) is 0 Å². The predicted molar refractivity (Wildman–Crippen MR) is 139 cm³/mol. The Bertz CT molecular complexity index is 1430. The highest BCUT2D eigenvalue weighted by atomic mass is 19.4. The number of nitrogens with one attached hydrogen (secondary N) is 1. The quantitative estimate of drug-likeness (QED) is 0.321. The highest BCUT2D eigenvalue weighted by Crippen LogP contribution is 2.35. The van der Waals surface area contributed by atoms with Crippen LogP contribution in [0.25, 0.3) is 0 Å². The van der Waals surface area contributed by atoms with Gasteiger partial charge in [-0.2, -0.15) is 18.3 Å². The standard InChI is InChI=1S/C29H30F3N5O2/c1-39-25-14-8-5-11-21(25)18-36-16-15-33-28(36)23(17-20-9-3-2-4-10-20)34-26(38)19-37-24-13-7-6-12-22(24)27(35-37)29(30,31)32/h2-5,8-11,14-16,23H,6-7,12-13,17-19H2,1H3,(H,34,38). The average molecular weight is 538 g/mol. The van der Waals surface area contributed by atoms with Gasteiger partial charge >= 0.3 is 6.18 Å². The lowest BCUT2D eigenvalue weighted by molar-refractivity contribution is -0.142. The van der Waals surface area contributed by atoms with Crippen LogP contribution in [0.4, 0.5) is 13.2 Å². The van der Waals surface area contributed by atoms with Crippen molar-refractivity contribution in [1.29, 1.82) is 0 Å². The minimum absolute atomic E-state index is 0.217. The number of methoxy groups -OCH3 is 1. The number of benzene rings is 2. The van der Waals surface area contributed by atoms with Crippen LogP contribution in [0.3, 0.4) is 0 Å². The average Bonchev–Trinajstić information content (AvgIpc) is 3.54. The molecule has 204 valence electrons. The molecule has 1 aliphatic carbocycles. The summed E-state index contributed by atoms with van der Waals surface area (Å²) in [5.74, 6) is 0.952. The molecule has 0 radical (unpaired) electrons. The lowest BCUT2D eigenvalue weighted by Crippen LogP contribution is -2.35. The van der Waals surface area contributed by atoms with Gasteiger partial charge < -0.3 is 14.6 Å². The third kappa shape index (κ3) is 6.00. The highest BCUT2D eigenvalue weighted by molar-refractivity contribution is 5.76. The van der Waals surface area contributed by atoms with Gasteiger partial charge in [-0.1, -0.05) is 48.5 Å². The highest BCUT2D eigenvalue weighted by Gasteiger charge is 2.39. The lowest BCUT2D eigenvalue weighted by atomic mass is 9.95. The predicted octanol–water partition coefficient (Wildman–Crippen LogP) is 5.13. The number of halogens is 3. The van der Waals surface area contributed by atoms with E-state index < -0.39 is 23.8 Å². The summed E-state index contributed by atoms with van der Waals surface area (Å²) in [6, 6.07) is 16.8. The molecule has 0 spiro atoms. The minimum atomic E-state index is -4.55. The Hall–Kier alpha value is -4.08. The first kappa shape index (κ1) is 26.5. The molecule has 2 heterocycles. The molecule has 2 aromatic heterocycles. The fourth-order valence-corrected chi connectivity index (χ4v) is 5.24. The number of rotatable bonds is 9. The number of para-hydroxylation sites is 1. The van der Waals surface area contributed by atoms with Gasteiger partial charge in [0.15, 0.2) is 5.69 Å². The maximum atomic E-state index is 13.6. The maximum Gasteiger partial charge on any atom is 0.435 e. The van der Waals surface area contributed by atoms with E-state index in [-0.39, 0.29) is 12.1 Å². The van der Waals surface area contributed by atoms with Crippen LogP contribution < -0.4 is 10.1 Å². The van der Waals surface area contributed by atoms with Gasteiger partial charge in [0.1, 0.15) is 18.1 Å². The van der Waals surface area contributed by atoms with Crippen molar-refractivity contribution in [3.8, 4) is 5.75 Å². The van der Waals surface area contributed by atoms with Crippen molar-refractivity contribution in [2.24, 2.45) is 0 Å². The molecule has 39 heavy (non-hydrogen) atoms. The zero-order valence-corrected chi connectivity index (χ0v) is 21.6. The number of aromatic nitrogens is 4. The zero-order valence-electron chi connectivity index (χ0n) is 21.6. The second-order valence-corrected chi connectivity index (χ2v) is 9.67. The van der Waals surface area contributed by atoms with Crippen molar-refractivity contribution in [3.05, 3.63) is 101 Å². The SMILES string of the molecule is COc1ccccc1Cn1ccnc1C(Cc1ccccc1)NC(=O)Cn1nc(C(F)(F)F)c2c1CCCC2. The van der Waals surface area contributed by atoms with Crippen molar-refractivity contribution >= 4 is 5.91 Å². The van der Waals surface area contributed by atoms with Gasteiger partial charge in [-0.25, -0.2) is 4.98 Å². The minimum Gasteiger partial charge on any atom is -0.496 e. The first-order chi connectivity index (χ1) is 18.8. The Morgan fingerprint density at radius 2 is 1.82 bits per heavy atom. The van der Waals surface area contributed by atoms with Crippen molar-refractivity contribution in [1.82, 2.24) is 24.6 Å². The van der Waals surface area contributed by atoms with E-state index >= 15 is 0 Å². The number of carbonyl (C=O) groups is 1. The van der Waals surface area contributed by atoms with Crippen molar-refractivity contribution in [3.63, 3.8) is 0 Å². The van der Waals surface area contributed by atoms with Gasteiger partial charge in [-0.15, -0.1) is 0 Å². The van der Waals surface area contributed by atoms with E-state index in [1.165, 1.54) is 4.68 Å². The van der Waals surface area contributed by atoms with Crippen LogP contribution in [-0.2, 0) is 43.3 Å². The molecule has 0 bridgehead atoms. The van der Waals surface area contributed by atoms with Crippen LogP contribution >= 0.6 is 0 Å². The molecule has 4 aromatic rings. The van der Waals surface area contributed by atoms with Gasteiger partial charge in [0, 0.05) is 29.2 Å². The zero-order chi connectivity index (χ0) is 27.4. The summed E-state index contributed by atoms with van der Waals surface area (Å²) in [4.78, 5) is 17.9. The van der Waals surface area contributed by atoms with Crippen LogP contribution in [0.1, 0.15) is 52.8 Å². The molecule has 0 aliphatic heterocycles. The Labute approximate surface area is 224 Å². The molecule has 1 amide bonds. The Balaban J connectivity index is 1.41. The molecule has 5 rings (SSSR count). The lowest BCUT2D eigenvalue weighted by Gasteiger charge is -2.21. The van der Waals surface area contributed by atoms with Gasteiger partial charge in [0.05, 0.1) is 19.7 Å². The van der Waals surface area contributed by atoms with Crippen LogP contribution in [0.2, 0.25) is 0 Å². The van der Waals surface area contributed by atoms with Crippen molar-refractivity contribution in [2.75, 3.05) is 7.11 Å². The first-order valence-electron chi connectivity index (χ1n) is 13.0. The van der Waals surface area contributed by atoms with Crippen LogP contribution in [0, 0.1) is 0 Å². The second-order valence-electron chi connectivity index (χ2n) is 9.67. The number of hydrogen-bond acceptors (Lipinski definition) is 4. The van der Waals surface area contributed by atoms with E-state index in [1.54, 1.807) is 13.3 Å². The largest absolute Gasteiger partial charge is 0.496 e. The number of imidazole rings is 1. The molecule has 0 saturated heterocycles. The summed E-state index contributed by atoms with van der Waals surface area (Å²) in [6.07, 6.45) is 1.67. The summed E-state index contributed by atoms with van der Waals surface area (Å²) in [7, 11) is 1.62. The van der Waals surface area contributed by atoms with E-state index in [4.69, 9.17) is 4.74 Å². The van der Waals surface area contributed by atoms with Crippen LogP contribution in [-0.4, -0.2) is 32.3 Å². The molecule has 1 unspecified atom stereocenters. The first-order valence-corrected chi connectivity index (χ1v) is 13.0. The normalized spacial score (nSPS) is 14.1. The number of nitrogens with zero attached hydrogens (tertiary/aromatic N) is 4. The molecule has 1 atom stereocenters. The molecule has 0 fully saturated rings. The molecule has 2 aromatic carbocycles. The summed E-state index contributed by atoms with van der Waals surface area (Å²) in [5, 5.41) is 6.88. The Morgan fingerprint density at radius 1 is 1.08 bits per heavy atom. The monoisotopic (exact) mass is 537 g/mol. The molecule has 0 saturated carbocycles. The molecular weight excluding hydrogens is 507 g/mol. The van der Waals surface area contributed by atoms with E-state index in [1.807, 2.05) is 65.4 Å². The number of hydrogen-bond donors (Lipinski definition) is 1. The van der Waals surface area contributed by atoms with Gasteiger partial charge in [0.2, 0.25) is 5.91 Å². The number of carbonyl (C=O) groups excluding carboxylic acids is 1. The molecular formula is C29H30F3N5O2. The smallest absolute Gasteiger partial charge is 0.435 e. The third-order valence-corrected chi connectivity index (χ3v) is 7.03. The number of alkyl halides is 3. The van der Waals surface area contributed by atoms with Gasteiger partial charge in [-0.05, 0) is 43.7 Å². The Morgan fingerprint density at radius 3 is 2.59 bits per heavy atom. The third-order valence-electron chi connectivity index (χ3n) is 7.03. The fourth-order valence-electron chi connectivity index (χ4n) is 5.24. The number of amides is 1. The topological polar surface area (TPSA) is 74.0 Å². The molecule has 10 heteroatoms. The van der Waals surface area contributed by atoms with Crippen molar-refractivity contribution < 1.29 is 22.7 Å². The van der Waals surface area contributed by atoms with E-state index in [0.29, 0.717) is 43.7 Å². The second kappa shape index (κ2) is 11.3. The fraction of sp³-hybridized carbons (Fsp3) is 0.345. The van der Waals surface area contributed by atoms with Crippen LogP contribution in [0.15, 0.2) is 67.0 Å². The number of ether oxygens (including phenoxy) is 1. The summed E-state index contributed by atoms with van der Waals surface area (Å²) in [6.45, 7) is 0.180.